The van der Waals surface area contributed by atoms with Crippen LogP contribution in [0.15, 0.2) is 28.7 Å². The summed E-state index contributed by atoms with van der Waals surface area (Å²) in [4.78, 5) is 0. The maximum atomic E-state index is 9.27. The van der Waals surface area contributed by atoms with Crippen molar-refractivity contribution in [2.75, 3.05) is 13.2 Å². The van der Waals surface area contributed by atoms with Gasteiger partial charge in [-0.25, -0.2) is 0 Å². The van der Waals surface area contributed by atoms with E-state index in [0.717, 1.165) is 24.0 Å². The average Bonchev–Trinajstić information content (AvgIpc) is 2.31. The molecular weight excluding hydrogens is 266 g/mol. The molecule has 0 saturated carbocycles. The van der Waals surface area contributed by atoms with E-state index in [0.29, 0.717) is 0 Å². The highest BCUT2D eigenvalue weighted by atomic mass is 79.9. The second-order valence-electron chi connectivity index (χ2n) is 4.55. The maximum absolute atomic E-state index is 9.27. The summed E-state index contributed by atoms with van der Waals surface area (Å²) in [7, 11) is 0. The van der Waals surface area contributed by atoms with Gasteiger partial charge in [0.2, 0.25) is 0 Å². The zero-order chi connectivity index (χ0) is 12.0. The molecule has 0 aliphatic carbocycles. The van der Waals surface area contributed by atoms with Crippen molar-refractivity contribution >= 4 is 15.9 Å². The van der Waals surface area contributed by atoms with Crippen molar-refractivity contribution in [2.24, 2.45) is 5.41 Å². The van der Waals surface area contributed by atoms with Gasteiger partial charge < -0.3 is 10.4 Å². The van der Waals surface area contributed by atoms with Gasteiger partial charge in [-0.15, -0.1) is 0 Å². The standard InChI is InChI=1S/C13H20BrNO/c1-3-13(2,10-16)9-15-8-11-4-6-12(14)7-5-11/h4-7,15-16H,3,8-10H2,1-2H3. The van der Waals surface area contributed by atoms with Crippen LogP contribution in [0.5, 0.6) is 0 Å². The van der Waals surface area contributed by atoms with Crippen LogP contribution in [-0.4, -0.2) is 18.3 Å². The highest BCUT2D eigenvalue weighted by Crippen LogP contribution is 2.18. The first kappa shape index (κ1) is 13.7. The van der Waals surface area contributed by atoms with Gasteiger partial charge in [-0.1, -0.05) is 41.9 Å². The molecule has 1 aromatic carbocycles. The van der Waals surface area contributed by atoms with Crippen LogP contribution in [0.1, 0.15) is 25.8 Å². The summed E-state index contributed by atoms with van der Waals surface area (Å²) in [5, 5.41) is 12.7. The molecule has 0 amide bonds. The van der Waals surface area contributed by atoms with E-state index >= 15 is 0 Å². The molecule has 0 aliphatic heterocycles. The van der Waals surface area contributed by atoms with Crippen molar-refractivity contribution in [3.8, 4) is 0 Å². The van der Waals surface area contributed by atoms with E-state index in [4.69, 9.17) is 0 Å². The van der Waals surface area contributed by atoms with Crippen LogP contribution in [0.25, 0.3) is 0 Å². The quantitative estimate of drug-likeness (QED) is 0.842. The maximum Gasteiger partial charge on any atom is 0.0496 e. The third kappa shape index (κ3) is 4.24. The number of hydrogen-bond donors (Lipinski definition) is 2. The average molecular weight is 286 g/mol. The van der Waals surface area contributed by atoms with Crippen LogP contribution in [-0.2, 0) is 6.54 Å². The fourth-order valence-electron chi connectivity index (χ4n) is 1.40. The number of rotatable bonds is 6. The smallest absolute Gasteiger partial charge is 0.0496 e. The zero-order valence-corrected chi connectivity index (χ0v) is 11.5. The van der Waals surface area contributed by atoms with Gasteiger partial charge in [0, 0.05) is 29.6 Å². The lowest BCUT2D eigenvalue weighted by Gasteiger charge is -2.25. The Hall–Kier alpha value is -0.380. The normalized spacial score (nSPS) is 14.8. The minimum Gasteiger partial charge on any atom is -0.396 e. The first-order valence-corrected chi connectivity index (χ1v) is 6.45. The van der Waals surface area contributed by atoms with Gasteiger partial charge in [0.1, 0.15) is 0 Å². The number of halogens is 1. The predicted molar refractivity (Wildman–Crippen MR) is 71.3 cm³/mol. The van der Waals surface area contributed by atoms with Crippen molar-refractivity contribution < 1.29 is 5.11 Å². The number of benzene rings is 1. The molecule has 0 saturated heterocycles. The largest absolute Gasteiger partial charge is 0.396 e. The first-order valence-electron chi connectivity index (χ1n) is 5.66. The van der Waals surface area contributed by atoms with E-state index < -0.39 is 0 Å². The third-order valence-corrected chi connectivity index (χ3v) is 3.56. The Kier molecular flexibility index (Phi) is 5.46. The first-order chi connectivity index (χ1) is 7.59. The van der Waals surface area contributed by atoms with Gasteiger partial charge in [-0.2, -0.15) is 0 Å². The second-order valence-corrected chi connectivity index (χ2v) is 5.47. The van der Waals surface area contributed by atoms with Crippen LogP contribution < -0.4 is 5.32 Å². The van der Waals surface area contributed by atoms with E-state index in [-0.39, 0.29) is 12.0 Å². The summed E-state index contributed by atoms with van der Waals surface area (Å²) in [5.41, 5.74) is 1.26. The van der Waals surface area contributed by atoms with E-state index in [9.17, 15) is 5.11 Å². The van der Waals surface area contributed by atoms with Crippen molar-refractivity contribution in [3.05, 3.63) is 34.3 Å². The van der Waals surface area contributed by atoms with Crippen LogP contribution in [0.4, 0.5) is 0 Å². The summed E-state index contributed by atoms with van der Waals surface area (Å²) in [6.45, 7) is 6.13. The topological polar surface area (TPSA) is 32.3 Å². The Balaban J connectivity index is 2.38. The van der Waals surface area contributed by atoms with Gasteiger partial charge in [0.25, 0.3) is 0 Å². The molecule has 16 heavy (non-hydrogen) atoms. The molecule has 0 radical (unpaired) electrons. The Morgan fingerprint density at radius 2 is 1.94 bits per heavy atom. The van der Waals surface area contributed by atoms with Crippen LogP contribution >= 0.6 is 15.9 Å². The number of aliphatic hydroxyl groups excluding tert-OH is 1. The summed E-state index contributed by atoms with van der Waals surface area (Å²) < 4.78 is 1.10. The minimum atomic E-state index is -0.00460. The molecule has 1 unspecified atom stereocenters. The predicted octanol–water partition coefficient (Wildman–Crippen LogP) is 2.95. The molecule has 0 heterocycles. The molecule has 1 atom stereocenters. The summed E-state index contributed by atoms with van der Waals surface area (Å²) >= 11 is 3.41. The lowest BCUT2D eigenvalue weighted by atomic mass is 9.88. The fraction of sp³-hybridized carbons (Fsp3) is 0.538. The molecule has 0 fully saturated rings. The number of aliphatic hydroxyl groups is 1. The fourth-order valence-corrected chi connectivity index (χ4v) is 1.67. The molecule has 0 bridgehead atoms. The minimum absolute atomic E-state index is 0.00460. The molecule has 90 valence electrons. The lowest BCUT2D eigenvalue weighted by Crippen LogP contribution is -2.34. The van der Waals surface area contributed by atoms with Crippen LogP contribution in [0.2, 0.25) is 0 Å². The molecule has 1 aromatic rings. The summed E-state index contributed by atoms with van der Waals surface area (Å²) in [5.74, 6) is 0. The molecule has 2 N–H and O–H groups in total. The van der Waals surface area contributed by atoms with Crippen molar-refractivity contribution in [1.82, 2.24) is 5.32 Å². The molecule has 3 heteroatoms. The van der Waals surface area contributed by atoms with Gasteiger partial charge >= 0.3 is 0 Å². The third-order valence-electron chi connectivity index (χ3n) is 3.03. The monoisotopic (exact) mass is 285 g/mol. The Bertz CT molecular complexity index is 306. The van der Waals surface area contributed by atoms with Crippen molar-refractivity contribution in [1.29, 1.82) is 0 Å². The van der Waals surface area contributed by atoms with Gasteiger partial charge in [-0.05, 0) is 24.1 Å². The Morgan fingerprint density at radius 3 is 2.44 bits per heavy atom. The SMILES string of the molecule is CCC(C)(CO)CNCc1ccc(Br)cc1. The lowest BCUT2D eigenvalue weighted by molar-refractivity contribution is 0.135. The molecule has 1 rings (SSSR count). The molecule has 0 spiro atoms. The van der Waals surface area contributed by atoms with E-state index in [1.807, 2.05) is 12.1 Å². The van der Waals surface area contributed by atoms with Gasteiger partial charge in [-0.3, -0.25) is 0 Å². The van der Waals surface area contributed by atoms with Gasteiger partial charge in [0.05, 0.1) is 0 Å². The van der Waals surface area contributed by atoms with Crippen molar-refractivity contribution in [2.45, 2.75) is 26.8 Å². The zero-order valence-electron chi connectivity index (χ0n) is 9.96. The highest BCUT2D eigenvalue weighted by molar-refractivity contribution is 9.10. The molecule has 2 nitrogen and oxygen atoms in total. The van der Waals surface area contributed by atoms with Crippen LogP contribution in [0, 0.1) is 5.41 Å². The number of hydrogen-bond acceptors (Lipinski definition) is 2. The summed E-state index contributed by atoms with van der Waals surface area (Å²) in [6, 6.07) is 8.28. The Labute approximate surface area is 106 Å². The van der Waals surface area contributed by atoms with Gasteiger partial charge in [0.15, 0.2) is 0 Å². The molecule has 0 aliphatic rings. The molecular formula is C13H20BrNO. The van der Waals surface area contributed by atoms with Crippen LogP contribution in [0.3, 0.4) is 0 Å². The van der Waals surface area contributed by atoms with Crippen molar-refractivity contribution in [3.63, 3.8) is 0 Å². The van der Waals surface area contributed by atoms with E-state index in [1.165, 1.54) is 5.56 Å². The van der Waals surface area contributed by atoms with E-state index in [1.54, 1.807) is 0 Å². The Morgan fingerprint density at radius 1 is 1.31 bits per heavy atom. The molecule has 0 aromatic heterocycles. The highest BCUT2D eigenvalue weighted by Gasteiger charge is 2.19. The number of nitrogens with one attached hydrogen (secondary N) is 1. The van der Waals surface area contributed by atoms with E-state index in [2.05, 4.69) is 47.2 Å². The second kappa shape index (κ2) is 6.38. The summed E-state index contributed by atoms with van der Waals surface area (Å²) in [6.07, 6.45) is 0.983.